The lowest BCUT2D eigenvalue weighted by Crippen LogP contribution is -2.22. The predicted molar refractivity (Wildman–Crippen MR) is 144 cm³/mol. The van der Waals surface area contributed by atoms with Crippen LogP contribution in [-0.4, -0.2) is 64.1 Å². The van der Waals surface area contributed by atoms with Crippen LogP contribution in [0.4, 0.5) is 26.1 Å². The number of ether oxygens (including phenoxy) is 3. The molecule has 1 heterocycles. The molecule has 0 aliphatic rings. The molecule has 3 aromatic carbocycles. The van der Waals surface area contributed by atoms with Crippen LogP contribution in [-0.2, 0) is 10.0 Å². The van der Waals surface area contributed by atoms with Crippen molar-refractivity contribution >= 4 is 44.3 Å². The first-order chi connectivity index (χ1) is 19.0. The number of aromatic nitrogens is 2. The highest BCUT2D eigenvalue weighted by atomic mass is 32.2. The second-order valence-corrected chi connectivity index (χ2v) is 10.1. The number of carbonyl (C=O) groups is 1. The molecule has 210 valence electrons. The number of carbonyl (C=O) groups excluding carboxylic acids is 1. The molecule has 1 aromatic heterocycles. The molecule has 0 radical (unpaired) electrons. The van der Waals surface area contributed by atoms with Crippen LogP contribution in [0.5, 0.6) is 17.2 Å². The van der Waals surface area contributed by atoms with Gasteiger partial charge in [-0.15, -0.1) is 0 Å². The molecular weight excluding hydrogens is 548 g/mol. The van der Waals surface area contributed by atoms with Crippen molar-refractivity contribution in [2.75, 3.05) is 38.4 Å². The number of benzene rings is 3. The number of amides is 1. The van der Waals surface area contributed by atoms with Crippen molar-refractivity contribution in [3.8, 4) is 17.2 Å². The Labute approximate surface area is 228 Å². The smallest absolute Gasteiger partial charge is 0.387 e. The Morgan fingerprint density at radius 2 is 1.55 bits per heavy atom. The minimum absolute atomic E-state index is 0.0590. The minimum Gasteiger partial charge on any atom is -0.493 e. The van der Waals surface area contributed by atoms with Crippen LogP contribution < -0.4 is 24.2 Å². The molecule has 0 saturated heterocycles. The van der Waals surface area contributed by atoms with Gasteiger partial charge in [-0.2, -0.15) is 8.78 Å². The lowest BCUT2D eigenvalue weighted by Gasteiger charge is -2.18. The number of sulfonamides is 1. The molecule has 40 heavy (non-hydrogen) atoms. The quantitative estimate of drug-likeness (QED) is 0.282. The van der Waals surface area contributed by atoms with E-state index in [0.29, 0.717) is 16.6 Å². The lowest BCUT2D eigenvalue weighted by atomic mass is 10.2. The van der Waals surface area contributed by atoms with Gasteiger partial charge in [0.2, 0.25) is 0 Å². The number of hydrogen-bond acceptors (Lipinski definition) is 9. The monoisotopic (exact) mass is 573 g/mol. The van der Waals surface area contributed by atoms with Crippen LogP contribution >= 0.6 is 0 Å². The number of nitrogens with one attached hydrogen (secondary N) is 2. The van der Waals surface area contributed by atoms with Gasteiger partial charge in [-0.25, -0.2) is 18.4 Å². The average molecular weight is 574 g/mol. The van der Waals surface area contributed by atoms with E-state index in [1.54, 1.807) is 38.4 Å². The Bertz CT molecular complexity index is 1650. The normalized spacial score (nSPS) is 11.3. The fourth-order valence-corrected chi connectivity index (χ4v) is 4.72. The predicted octanol–water partition coefficient (Wildman–Crippen LogP) is 4.49. The van der Waals surface area contributed by atoms with E-state index >= 15 is 0 Å². The van der Waals surface area contributed by atoms with E-state index in [1.807, 2.05) is 0 Å². The van der Waals surface area contributed by atoms with E-state index in [1.165, 1.54) is 55.5 Å². The lowest BCUT2D eigenvalue weighted by molar-refractivity contribution is -0.0499. The highest BCUT2D eigenvalue weighted by Crippen LogP contribution is 2.42. The summed E-state index contributed by atoms with van der Waals surface area (Å²) in [6, 6.07) is 14.6. The highest BCUT2D eigenvalue weighted by Gasteiger charge is 2.22. The zero-order valence-corrected chi connectivity index (χ0v) is 22.6. The van der Waals surface area contributed by atoms with Gasteiger partial charge in [0.1, 0.15) is 5.75 Å². The Morgan fingerprint density at radius 1 is 0.925 bits per heavy atom. The summed E-state index contributed by atoms with van der Waals surface area (Å²) in [4.78, 5) is 22.3. The van der Waals surface area contributed by atoms with Crippen molar-refractivity contribution in [2.45, 2.75) is 11.5 Å². The number of nitrogens with zero attached hydrogens (tertiary/aromatic N) is 3. The summed E-state index contributed by atoms with van der Waals surface area (Å²) in [5.41, 5.74) is 1.21. The first-order valence-corrected chi connectivity index (χ1v) is 13.1. The number of halogens is 2. The molecule has 0 fully saturated rings. The summed E-state index contributed by atoms with van der Waals surface area (Å²) in [5, 5.41) is 2.90. The van der Waals surface area contributed by atoms with Gasteiger partial charge in [0.05, 0.1) is 35.8 Å². The first-order valence-electron chi connectivity index (χ1n) is 11.6. The van der Waals surface area contributed by atoms with Gasteiger partial charge in [0, 0.05) is 31.8 Å². The van der Waals surface area contributed by atoms with Gasteiger partial charge in [-0.1, -0.05) is 12.1 Å². The van der Waals surface area contributed by atoms with Crippen molar-refractivity contribution in [1.82, 2.24) is 14.9 Å². The zero-order valence-electron chi connectivity index (χ0n) is 21.8. The SMILES string of the molecule is COc1cc(OC(F)F)cc(Nc2nc3ccccc3nc2NS(=O)(=O)c2ccc(C(=O)N(C)C)cc2)c1OC. The van der Waals surface area contributed by atoms with Crippen LogP contribution in [0.2, 0.25) is 0 Å². The van der Waals surface area contributed by atoms with Gasteiger partial charge in [0.25, 0.3) is 15.9 Å². The van der Waals surface area contributed by atoms with Crippen LogP contribution in [0.1, 0.15) is 10.4 Å². The summed E-state index contributed by atoms with van der Waals surface area (Å²) in [5.74, 6) is -0.574. The Balaban J connectivity index is 1.78. The van der Waals surface area contributed by atoms with Crippen molar-refractivity contribution in [3.05, 3.63) is 66.2 Å². The van der Waals surface area contributed by atoms with E-state index in [0.717, 1.165) is 0 Å². The highest BCUT2D eigenvalue weighted by molar-refractivity contribution is 7.92. The molecule has 2 N–H and O–H groups in total. The van der Waals surface area contributed by atoms with E-state index < -0.39 is 16.6 Å². The number of hydrogen-bond donors (Lipinski definition) is 2. The molecule has 0 spiro atoms. The van der Waals surface area contributed by atoms with E-state index in [4.69, 9.17) is 9.47 Å². The third-order valence-electron chi connectivity index (χ3n) is 5.55. The Hall–Kier alpha value is -4.72. The third-order valence-corrected chi connectivity index (χ3v) is 6.90. The zero-order chi connectivity index (χ0) is 29.0. The molecule has 0 bridgehead atoms. The molecule has 11 nitrogen and oxygen atoms in total. The first kappa shape index (κ1) is 28.3. The van der Waals surface area contributed by atoms with E-state index in [-0.39, 0.29) is 45.4 Å². The van der Waals surface area contributed by atoms with Gasteiger partial charge in [0.15, 0.2) is 23.1 Å². The number of anilines is 3. The maximum atomic E-state index is 13.3. The van der Waals surface area contributed by atoms with E-state index in [9.17, 15) is 22.0 Å². The summed E-state index contributed by atoms with van der Waals surface area (Å²) >= 11 is 0. The van der Waals surface area contributed by atoms with E-state index in [2.05, 4.69) is 24.7 Å². The third kappa shape index (κ3) is 6.12. The molecule has 0 unspecified atom stereocenters. The molecule has 0 aliphatic heterocycles. The molecule has 0 aliphatic carbocycles. The van der Waals surface area contributed by atoms with Crippen molar-refractivity contribution in [1.29, 1.82) is 0 Å². The number of rotatable bonds is 10. The molecule has 0 atom stereocenters. The van der Waals surface area contributed by atoms with Gasteiger partial charge >= 0.3 is 6.61 Å². The Kier molecular flexibility index (Phi) is 8.18. The summed E-state index contributed by atoms with van der Waals surface area (Å²) in [7, 11) is 1.62. The number of para-hydroxylation sites is 2. The molecule has 1 amide bonds. The molecule has 0 saturated carbocycles. The van der Waals surface area contributed by atoms with Crippen LogP contribution in [0.3, 0.4) is 0 Å². The van der Waals surface area contributed by atoms with Crippen molar-refractivity contribution in [2.24, 2.45) is 0 Å². The maximum absolute atomic E-state index is 13.3. The number of alkyl halides is 2. The van der Waals surface area contributed by atoms with Crippen LogP contribution in [0, 0.1) is 0 Å². The second-order valence-electron chi connectivity index (χ2n) is 8.45. The van der Waals surface area contributed by atoms with Crippen LogP contribution in [0.25, 0.3) is 11.0 Å². The van der Waals surface area contributed by atoms with Gasteiger partial charge < -0.3 is 24.4 Å². The van der Waals surface area contributed by atoms with Crippen molar-refractivity contribution < 1.29 is 36.2 Å². The summed E-state index contributed by atoms with van der Waals surface area (Å²) in [6.45, 7) is -3.10. The van der Waals surface area contributed by atoms with Gasteiger partial charge in [-0.3, -0.25) is 9.52 Å². The summed E-state index contributed by atoms with van der Waals surface area (Å²) < 4.78 is 70.1. The largest absolute Gasteiger partial charge is 0.493 e. The number of fused-ring (bicyclic) bond motifs is 1. The summed E-state index contributed by atoms with van der Waals surface area (Å²) in [6.07, 6.45) is 0. The standard InChI is InChI=1S/C26H25F2N5O6S/c1-33(2)25(34)15-9-11-17(12-10-15)40(35,36)32-24-23(29-18-7-5-6-8-19(18)30-24)31-20-13-16(39-26(27)28)14-21(37-3)22(20)38-4/h5-14,26H,1-4H3,(H,29,31)(H,30,32). The average Bonchev–Trinajstić information content (AvgIpc) is 2.92. The minimum atomic E-state index is -4.21. The number of methoxy groups -OCH3 is 2. The Morgan fingerprint density at radius 3 is 2.10 bits per heavy atom. The maximum Gasteiger partial charge on any atom is 0.387 e. The molecule has 14 heteroatoms. The van der Waals surface area contributed by atoms with Crippen molar-refractivity contribution in [3.63, 3.8) is 0 Å². The topological polar surface area (TPSA) is 132 Å². The molecular formula is C26H25F2N5O6S. The fourth-order valence-electron chi connectivity index (χ4n) is 3.71. The van der Waals surface area contributed by atoms with Crippen LogP contribution in [0.15, 0.2) is 65.6 Å². The molecule has 4 rings (SSSR count). The van der Waals surface area contributed by atoms with Gasteiger partial charge in [-0.05, 0) is 36.4 Å². The molecule has 4 aromatic rings. The second kappa shape index (κ2) is 11.6. The fraction of sp³-hybridized carbons (Fsp3) is 0.192.